The largest absolute Gasteiger partial charge is 0.353 e. The molecular weight excluding hydrogens is 236 g/mol. The molecule has 2 fully saturated rings. The highest BCUT2D eigenvalue weighted by Gasteiger charge is 2.32. The summed E-state index contributed by atoms with van der Waals surface area (Å²) in [7, 11) is 0. The molecule has 19 heavy (non-hydrogen) atoms. The van der Waals surface area contributed by atoms with E-state index in [1.807, 2.05) is 0 Å². The van der Waals surface area contributed by atoms with Crippen molar-refractivity contribution < 1.29 is 4.79 Å². The molecule has 0 aromatic heterocycles. The minimum Gasteiger partial charge on any atom is -0.353 e. The Bertz CT molecular complexity index is 297. The van der Waals surface area contributed by atoms with Crippen LogP contribution >= 0.6 is 0 Å². The molecule has 0 radical (unpaired) electrons. The fraction of sp³-hybridized carbons (Fsp3) is 0.938. The number of rotatable bonds is 4. The highest BCUT2D eigenvalue weighted by Crippen LogP contribution is 2.34. The fourth-order valence-electron chi connectivity index (χ4n) is 3.95. The highest BCUT2D eigenvalue weighted by atomic mass is 16.1. The van der Waals surface area contributed by atoms with Gasteiger partial charge in [-0.2, -0.15) is 0 Å². The lowest BCUT2D eigenvalue weighted by Crippen LogP contribution is -2.39. The molecule has 110 valence electrons. The van der Waals surface area contributed by atoms with Crippen molar-refractivity contribution in [2.45, 2.75) is 77.3 Å². The van der Waals surface area contributed by atoms with Gasteiger partial charge in [0.2, 0.25) is 5.91 Å². The number of hydrogen-bond donors (Lipinski definition) is 2. The van der Waals surface area contributed by atoms with Crippen molar-refractivity contribution in [2.75, 3.05) is 0 Å². The first-order chi connectivity index (χ1) is 9.10. The summed E-state index contributed by atoms with van der Waals surface area (Å²) in [5.41, 5.74) is 5.91. The van der Waals surface area contributed by atoms with E-state index in [0.29, 0.717) is 30.3 Å². The summed E-state index contributed by atoms with van der Waals surface area (Å²) < 4.78 is 0. The molecule has 3 unspecified atom stereocenters. The maximum atomic E-state index is 12.1. The Kier molecular flexibility index (Phi) is 5.26. The average Bonchev–Trinajstić information content (AvgIpc) is 2.73. The molecule has 0 spiro atoms. The van der Waals surface area contributed by atoms with Crippen molar-refractivity contribution in [2.24, 2.45) is 23.5 Å². The second-order valence-corrected chi connectivity index (χ2v) is 6.76. The molecule has 2 aliphatic carbocycles. The van der Waals surface area contributed by atoms with Gasteiger partial charge in [-0.25, -0.2) is 0 Å². The smallest absolute Gasteiger partial charge is 0.220 e. The zero-order chi connectivity index (χ0) is 13.8. The lowest BCUT2D eigenvalue weighted by molar-refractivity contribution is -0.123. The van der Waals surface area contributed by atoms with E-state index >= 15 is 0 Å². The van der Waals surface area contributed by atoms with E-state index in [1.165, 1.54) is 19.3 Å². The van der Waals surface area contributed by atoms with Gasteiger partial charge in [-0.3, -0.25) is 4.79 Å². The van der Waals surface area contributed by atoms with Crippen LogP contribution in [0.25, 0.3) is 0 Å². The summed E-state index contributed by atoms with van der Waals surface area (Å²) in [5, 5.41) is 3.28. The molecule has 0 saturated heterocycles. The van der Waals surface area contributed by atoms with Crippen LogP contribution in [0.15, 0.2) is 0 Å². The van der Waals surface area contributed by atoms with Gasteiger partial charge in [0, 0.05) is 18.5 Å². The van der Waals surface area contributed by atoms with Crippen LogP contribution in [0, 0.1) is 17.8 Å². The van der Waals surface area contributed by atoms with Crippen LogP contribution in [0.2, 0.25) is 0 Å². The number of carbonyl (C=O) groups is 1. The minimum absolute atomic E-state index is 0.272. The van der Waals surface area contributed by atoms with Crippen LogP contribution in [0.4, 0.5) is 0 Å². The lowest BCUT2D eigenvalue weighted by atomic mass is 9.84. The number of carbonyl (C=O) groups excluding carboxylic acids is 1. The van der Waals surface area contributed by atoms with Crippen molar-refractivity contribution in [3.8, 4) is 0 Å². The molecule has 0 heterocycles. The standard InChI is InChI=1S/C16H30N2O/c1-3-13-6-9-15(11(13)2)18-16(19)10-12-4-7-14(17)8-5-12/h11-15H,3-10,17H2,1-2H3,(H,18,19). The average molecular weight is 266 g/mol. The van der Waals surface area contributed by atoms with Gasteiger partial charge in [0.15, 0.2) is 0 Å². The third-order valence-electron chi connectivity index (χ3n) is 5.46. The fourth-order valence-corrected chi connectivity index (χ4v) is 3.95. The van der Waals surface area contributed by atoms with E-state index in [4.69, 9.17) is 5.73 Å². The van der Waals surface area contributed by atoms with E-state index < -0.39 is 0 Å². The van der Waals surface area contributed by atoms with Gasteiger partial charge in [-0.1, -0.05) is 20.3 Å². The third kappa shape index (κ3) is 3.95. The van der Waals surface area contributed by atoms with Crippen molar-refractivity contribution in [1.82, 2.24) is 5.32 Å². The van der Waals surface area contributed by atoms with Gasteiger partial charge in [-0.05, 0) is 56.3 Å². The van der Waals surface area contributed by atoms with Gasteiger partial charge < -0.3 is 11.1 Å². The maximum absolute atomic E-state index is 12.1. The zero-order valence-corrected chi connectivity index (χ0v) is 12.5. The van der Waals surface area contributed by atoms with Crippen molar-refractivity contribution >= 4 is 5.91 Å². The molecule has 1 amide bonds. The van der Waals surface area contributed by atoms with E-state index in [-0.39, 0.29) is 5.91 Å². The van der Waals surface area contributed by atoms with Gasteiger partial charge in [0.05, 0.1) is 0 Å². The van der Waals surface area contributed by atoms with E-state index in [1.54, 1.807) is 0 Å². The van der Waals surface area contributed by atoms with E-state index in [9.17, 15) is 4.79 Å². The molecule has 3 N–H and O–H groups in total. The molecule has 3 atom stereocenters. The minimum atomic E-state index is 0.272. The summed E-state index contributed by atoms with van der Waals surface area (Å²) in [5.74, 6) is 2.29. The van der Waals surface area contributed by atoms with Gasteiger partial charge in [-0.15, -0.1) is 0 Å². The third-order valence-corrected chi connectivity index (χ3v) is 5.46. The molecule has 0 bridgehead atoms. The number of amides is 1. The van der Waals surface area contributed by atoms with Crippen molar-refractivity contribution in [3.05, 3.63) is 0 Å². The Morgan fingerprint density at radius 3 is 2.42 bits per heavy atom. The van der Waals surface area contributed by atoms with Crippen molar-refractivity contribution in [1.29, 1.82) is 0 Å². The number of nitrogens with two attached hydrogens (primary N) is 1. The van der Waals surface area contributed by atoms with Crippen molar-refractivity contribution in [3.63, 3.8) is 0 Å². The van der Waals surface area contributed by atoms with Crippen LogP contribution in [0.5, 0.6) is 0 Å². The number of hydrogen-bond acceptors (Lipinski definition) is 2. The number of nitrogens with one attached hydrogen (secondary N) is 1. The normalized spacial score (nSPS) is 39.2. The van der Waals surface area contributed by atoms with E-state index in [0.717, 1.165) is 31.6 Å². The maximum Gasteiger partial charge on any atom is 0.220 e. The Labute approximate surface area is 117 Å². The Hall–Kier alpha value is -0.570. The molecular formula is C16H30N2O. The topological polar surface area (TPSA) is 55.1 Å². The Morgan fingerprint density at radius 2 is 1.84 bits per heavy atom. The van der Waals surface area contributed by atoms with Crippen LogP contribution < -0.4 is 11.1 Å². The first-order valence-corrected chi connectivity index (χ1v) is 8.15. The zero-order valence-electron chi connectivity index (χ0n) is 12.5. The Balaban J connectivity index is 1.73. The molecule has 2 rings (SSSR count). The molecule has 2 aliphatic rings. The quantitative estimate of drug-likeness (QED) is 0.822. The predicted molar refractivity (Wildman–Crippen MR) is 78.7 cm³/mol. The monoisotopic (exact) mass is 266 g/mol. The first kappa shape index (κ1) is 14.8. The van der Waals surface area contributed by atoms with Crippen LogP contribution in [0.1, 0.15) is 65.2 Å². The lowest BCUT2D eigenvalue weighted by Gasteiger charge is -2.27. The van der Waals surface area contributed by atoms with Crippen LogP contribution in [-0.2, 0) is 4.79 Å². The first-order valence-electron chi connectivity index (χ1n) is 8.15. The molecule has 3 nitrogen and oxygen atoms in total. The molecule has 2 saturated carbocycles. The van der Waals surface area contributed by atoms with Crippen LogP contribution in [-0.4, -0.2) is 18.0 Å². The van der Waals surface area contributed by atoms with Crippen LogP contribution in [0.3, 0.4) is 0 Å². The summed E-state index contributed by atoms with van der Waals surface area (Å²) >= 11 is 0. The second kappa shape index (κ2) is 6.74. The van der Waals surface area contributed by atoms with E-state index in [2.05, 4.69) is 19.2 Å². The second-order valence-electron chi connectivity index (χ2n) is 6.76. The molecule has 0 aliphatic heterocycles. The predicted octanol–water partition coefficient (Wildman–Crippen LogP) is 2.83. The summed E-state index contributed by atoms with van der Waals surface area (Å²) in [6.45, 7) is 4.56. The summed E-state index contributed by atoms with van der Waals surface area (Å²) in [4.78, 5) is 12.1. The Morgan fingerprint density at radius 1 is 1.16 bits per heavy atom. The molecule has 0 aromatic carbocycles. The summed E-state index contributed by atoms with van der Waals surface area (Å²) in [6.07, 6.45) is 8.85. The molecule has 0 aromatic rings. The van der Waals surface area contributed by atoms with Gasteiger partial charge in [0.25, 0.3) is 0 Å². The summed E-state index contributed by atoms with van der Waals surface area (Å²) in [6, 6.07) is 0.794. The SMILES string of the molecule is CCC1CCC(NC(=O)CC2CCC(N)CC2)C1C. The van der Waals surface area contributed by atoms with Gasteiger partial charge in [0.1, 0.15) is 0 Å². The van der Waals surface area contributed by atoms with Gasteiger partial charge >= 0.3 is 0 Å². The highest BCUT2D eigenvalue weighted by molar-refractivity contribution is 5.76. The molecule has 3 heteroatoms.